The van der Waals surface area contributed by atoms with Crippen LogP contribution in [0.15, 0.2) is 71.6 Å². The molecule has 114 valence electrons. The normalized spacial score (nSPS) is 16.8. The molecule has 0 aliphatic carbocycles. The van der Waals surface area contributed by atoms with Crippen molar-refractivity contribution in [1.29, 1.82) is 0 Å². The number of pyridine rings is 1. The molecule has 0 radical (unpaired) electrons. The average molecular weight is 305 g/mol. The Morgan fingerprint density at radius 3 is 2.83 bits per heavy atom. The largest absolute Gasteiger partial charge is 0.467 e. The first-order valence-electron chi connectivity index (χ1n) is 7.42. The van der Waals surface area contributed by atoms with Crippen LogP contribution in [0.4, 0.5) is 5.69 Å². The second kappa shape index (κ2) is 5.61. The average Bonchev–Trinajstić information content (AvgIpc) is 3.11. The van der Waals surface area contributed by atoms with E-state index in [1.54, 1.807) is 23.6 Å². The van der Waals surface area contributed by atoms with Gasteiger partial charge in [0, 0.05) is 23.6 Å². The molecule has 4 rings (SSSR count). The fraction of sp³-hybridized carbons (Fsp3) is 0.111. The lowest BCUT2D eigenvalue weighted by Crippen LogP contribution is -2.42. The quantitative estimate of drug-likeness (QED) is 0.805. The van der Waals surface area contributed by atoms with Gasteiger partial charge in [-0.15, -0.1) is 0 Å². The fourth-order valence-electron chi connectivity index (χ4n) is 2.83. The number of furan rings is 1. The van der Waals surface area contributed by atoms with E-state index in [0.29, 0.717) is 12.1 Å². The molecule has 5 heteroatoms. The Morgan fingerprint density at radius 2 is 2.04 bits per heavy atom. The maximum absolute atomic E-state index is 13.0. The molecule has 0 unspecified atom stereocenters. The summed E-state index contributed by atoms with van der Waals surface area (Å²) in [6.07, 6.45) is 4.83. The summed E-state index contributed by atoms with van der Waals surface area (Å²) >= 11 is 0. The third-order valence-corrected chi connectivity index (χ3v) is 3.93. The molecular formula is C18H15N3O2. The summed E-state index contributed by atoms with van der Waals surface area (Å²) in [5, 5.41) is 3.43. The third-order valence-electron chi connectivity index (χ3n) is 3.93. The van der Waals surface area contributed by atoms with E-state index in [-0.39, 0.29) is 12.1 Å². The summed E-state index contributed by atoms with van der Waals surface area (Å²) in [6.45, 7) is 0.396. The number of aromatic nitrogens is 1. The lowest BCUT2D eigenvalue weighted by molar-refractivity contribution is 0.0651. The van der Waals surface area contributed by atoms with E-state index in [9.17, 15) is 4.79 Å². The second-order valence-corrected chi connectivity index (χ2v) is 5.39. The Kier molecular flexibility index (Phi) is 3.31. The summed E-state index contributed by atoms with van der Waals surface area (Å²) in [5.41, 5.74) is 2.43. The van der Waals surface area contributed by atoms with Crippen molar-refractivity contribution in [2.45, 2.75) is 12.7 Å². The molecule has 1 aliphatic rings. The lowest BCUT2D eigenvalue weighted by atomic mass is 10.0. The van der Waals surface area contributed by atoms with Crippen LogP contribution in [0.5, 0.6) is 0 Å². The summed E-state index contributed by atoms with van der Waals surface area (Å²) < 4.78 is 5.42. The maximum Gasteiger partial charge on any atom is 0.258 e. The van der Waals surface area contributed by atoms with Crippen LogP contribution in [0.2, 0.25) is 0 Å². The number of carbonyl (C=O) groups is 1. The highest BCUT2D eigenvalue weighted by Gasteiger charge is 2.33. The fourth-order valence-corrected chi connectivity index (χ4v) is 2.83. The second-order valence-electron chi connectivity index (χ2n) is 5.39. The summed E-state index contributed by atoms with van der Waals surface area (Å²) in [6, 6.07) is 15.1. The number of hydrogen-bond acceptors (Lipinski definition) is 4. The SMILES string of the molecule is O=C1c2ccccc2N[C@H](c2cccnc2)N1Cc1ccco1. The minimum Gasteiger partial charge on any atom is -0.467 e. The number of anilines is 1. The van der Waals surface area contributed by atoms with Gasteiger partial charge in [-0.3, -0.25) is 9.78 Å². The van der Waals surface area contributed by atoms with E-state index < -0.39 is 0 Å². The van der Waals surface area contributed by atoms with Crippen molar-refractivity contribution >= 4 is 11.6 Å². The highest BCUT2D eigenvalue weighted by molar-refractivity contribution is 6.01. The van der Waals surface area contributed by atoms with Gasteiger partial charge in [0.1, 0.15) is 11.9 Å². The number of benzene rings is 1. The minimum atomic E-state index is -0.281. The Morgan fingerprint density at radius 1 is 1.13 bits per heavy atom. The van der Waals surface area contributed by atoms with Crippen molar-refractivity contribution in [3.05, 3.63) is 84.1 Å². The molecule has 0 bridgehead atoms. The topological polar surface area (TPSA) is 58.4 Å². The lowest BCUT2D eigenvalue weighted by Gasteiger charge is -2.37. The zero-order chi connectivity index (χ0) is 15.6. The van der Waals surface area contributed by atoms with Crippen LogP contribution in [0.1, 0.15) is 27.8 Å². The van der Waals surface area contributed by atoms with Gasteiger partial charge in [-0.25, -0.2) is 0 Å². The van der Waals surface area contributed by atoms with E-state index in [4.69, 9.17) is 4.42 Å². The van der Waals surface area contributed by atoms with Crippen LogP contribution in [0, 0.1) is 0 Å². The van der Waals surface area contributed by atoms with Crippen molar-refractivity contribution in [3.8, 4) is 0 Å². The highest BCUT2D eigenvalue weighted by atomic mass is 16.3. The Balaban J connectivity index is 1.76. The van der Waals surface area contributed by atoms with Crippen molar-refractivity contribution in [2.24, 2.45) is 0 Å². The number of carbonyl (C=O) groups excluding carboxylic acids is 1. The van der Waals surface area contributed by atoms with Crippen LogP contribution in [0.25, 0.3) is 0 Å². The van der Waals surface area contributed by atoms with Gasteiger partial charge in [-0.2, -0.15) is 0 Å². The van der Waals surface area contributed by atoms with Crippen LogP contribution in [-0.4, -0.2) is 15.8 Å². The van der Waals surface area contributed by atoms with E-state index >= 15 is 0 Å². The number of fused-ring (bicyclic) bond motifs is 1. The first kappa shape index (κ1) is 13.6. The molecule has 3 aromatic rings. The molecule has 0 spiro atoms. The zero-order valence-electron chi connectivity index (χ0n) is 12.3. The number of hydrogen-bond donors (Lipinski definition) is 1. The molecular weight excluding hydrogens is 290 g/mol. The number of rotatable bonds is 3. The first-order valence-corrected chi connectivity index (χ1v) is 7.42. The molecule has 3 heterocycles. The van der Waals surface area contributed by atoms with Gasteiger partial charge in [-0.1, -0.05) is 18.2 Å². The van der Waals surface area contributed by atoms with Crippen LogP contribution in [-0.2, 0) is 6.54 Å². The molecule has 1 amide bonds. The van der Waals surface area contributed by atoms with E-state index in [1.165, 1.54) is 0 Å². The summed E-state index contributed by atoms with van der Waals surface area (Å²) in [5.74, 6) is 0.720. The minimum absolute atomic E-state index is 0.0235. The molecule has 23 heavy (non-hydrogen) atoms. The van der Waals surface area contributed by atoms with Gasteiger partial charge in [0.05, 0.1) is 18.4 Å². The van der Waals surface area contributed by atoms with Gasteiger partial charge in [0.25, 0.3) is 5.91 Å². The molecule has 1 atom stereocenters. The molecule has 0 fully saturated rings. The summed E-state index contributed by atoms with van der Waals surface area (Å²) in [7, 11) is 0. The third kappa shape index (κ3) is 2.46. The number of amides is 1. The number of nitrogens with one attached hydrogen (secondary N) is 1. The summed E-state index contributed by atoms with van der Waals surface area (Å²) in [4.78, 5) is 18.9. The number of nitrogens with zero attached hydrogens (tertiary/aromatic N) is 2. The smallest absolute Gasteiger partial charge is 0.258 e. The molecule has 0 saturated heterocycles. The molecule has 1 aromatic carbocycles. The van der Waals surface area contributed by atoms with Crippen LogP contribution < -0.4 is 5.32 Å². The molecule has 5 nitrogen and oxygen atoms in total. The standard InChI is InChI=1S/C18H15N3O2/c22-18-15-7-1-2-8-16(15)20-17(13-5-3-9-19-11-13)21(18)12-14-6-4-10-23-14/h1-11,17,20H,12H2/t17-/m0/s1. The first-order chi connectivity index (χ1) is 11.3. The molecule has 1 aliphatic heterocycles. The molecule has 1 N–H and O–H groups in total. The monoisotopic (exact) mass is 305 g/mol. The van der Waals surface area contributed by atoms with E-state index in [2.05, 4.69) is 10.3 Å². The Labute approximate surface area is 133 Å². The van der Waals surface area contributed by atoms with Gasteiger partial charge >= 0.3 is 0 Å². The molecule has 0 saturated carbocycles. The van der Waals surface area contributed by atoms with Crippen molar-refractivity contribution in [3.63, 3.8) is 0 Å². The van der Waals surface area contributed by atoms with Gasteiger partial charge < -0.3 is 14.6 Å². The van der Waals surface area contributed by atoms with Crippen LogP contribution in [0.3, 0.4) is 0 Å². The van der Waals surface area contributed by atoms with Gasteiger partial charge in [0.15, 0.2) is 0 Å². The predicted octanol–water partition coefficient (Wildman–Crippen LogP) is 3.44. The number of para-hydroxylation sites is 1. The Hall–Kier alpha value is -3.08. The zero-order valence-corrected chi connectivity index (χ0v) is 12.3. The van der Waals surface area contributed by atoms with Gasteiger partial charge in [0.2, 0.25) is 0 Å². The van der Waals surface area contributed by atoms with Crippen molar-refractivity contribution in [1.82, 2.24) is 9.88 Å². The van der Waals surface area contributed by atoms with Crippen molar-refractivity contribution in [2.75, 3.05) is 5.32 Å². The Bertz CT molecular complexity index is 815. The maximum atomic E-state index is 13.0. The van der Waals surface area contributed by atoms with Crippen LogP contribution >= 0.6 is 0 Å². The van der Waals surface area contributed by atoms with E-state index in [0.717, 1.165) is 17.0 Å². The highest BCUT2D eigenvalue weighted by Crippen LogP contribution is 2.33. The molecule has 2 aromatic heterocycles. The van der Waals surface area contributed by atoms with E-state index in [1.807, 2.05) is 48.5 Å². The predicted molar refractivity (Wildman–Crippen MR) is 85.6 cm³/mol. The van der Waals surface area contributed by atoms with Gasteiger partial charge in [-0.05, 0) is 30.3 Å². The van der Waals surface area contributed by atoms with Crippen molar-refractivity contribution < 1.29 is 9.21 Å².